The molecule has 0 aromatic carbocycles. The van der Waals surface area contributed by atoms with Crippen molar-refractivity contribution in [2.24, 2.45) is 5.73 Å². The highest BCUT2D eigenvalue weighted by Gasteiger charge is 2.23. The fourth-order valence-corrected chi connectivity index (χ4v) is 1.98. The standard InChI is InChI=1S/C13H14N4O2/c14-6-5-11-15-13(16-19-11)12(10-4-3-9-18-10)17-7-1-2-8-17/h1-4,7-9,12H,5-6,14H2. The van der Waals surface area contributed by atoms with Crippen LogP contribution in [-0.2, 0) is 6.42 Å². The van der Waals surface area contributed by atoms with Gasteiger partial charge in [0.15, 0.2) is 6.04 Å². The van der Waals surface area contributed by atoms with E-state index in [4.69, 9.17) is 14.7 Å². The highest BCUT2D eigenvalue weighted by Crippen LogP contribution is 2.25. The maximum absolute atomic E-state index is 5.48. The van der Waals surface area contributed by atoms with E-state index in [1.807, 2.05) is 41.2 Å². The molecule has 19 heavy (non-hydrogen) atoms. The molecule has 3 heterocycles. The van der Waals surface area contributed by atoms with Gasteiger partial charge in [-0.15, -0.1) is 0 Å². The molecule has 0 aliphatic rings. The topological polar surface area (TPSA) is 83.0 Å². The maximum atomic E-state index is 5.48. The molecule has 3 aromatic rings. The van der Waals surface area contributed by atoms with Gasteiger partial charge in [-0.05, 0) is 24.3 Å². The Labute approximate surface area is 109 Å². The molecule has 1 unspecified atom stereocenters. The van der Waals surface area contributed by atoms with Crippen molar-refractivity contribution in [3.63, 3.8) is 0 Å². The van der Waals surface area contributed by atoms with Gasteiger partial charge in [-0.3, -0.25) is 0 Å². The Balaban J connectivity index is 1.99. The summed E-state index contributed by atoms with van der Waals surface area (Å²) in [6.07, 6.45) is 6.08. The summed E-state index contributed by atoms with van der Waals surface area (Å²) in [7, 11) is 0. The lowest BCUT2D eigenvalue weighted by molar-refractivity contribution is 0.365. The predicted molar refractivity (Wildman–Crippen MR) is 67.4 cm³/mol. The summed E-state index contributed by atoms with van der Waals surface area (Å²) in [5, 5.41) is 4.02. The van der Waals surface area contributed by atoms with Crippen LogP contribution in [0.1, 0.15) is 23.5 Å². The molecule has 0 saturated heterocycles. The van der Waals surface area contributed by atoms with Crippen molar-refractivity contribution in [3.05, 3.63) is 60.4 Å². The third-order valence-electron chi connectivity index (χ3n) is 2.82. The maximum Gasteiger partial charge on any atom is 0.228 e. The fourth-order valence-electron chi connectivity index (χ4n) is 1.98. The number of hydrogen-bond donors (Lipinski definition) is 1. The summed E-state index contributed by atoms with van der Waals surface area (Å²) >= 11 is 0. The Morgan fingerprint density at radius 2 is 2.11 bits per heavy atom. The van der Waals surface area contributed by atoms with Crippen molar-refractivity contribution in [1.82, 2.24) is 14.7 Å². The molecule has 6 heteroatoms. The molecule has 98 valence electrons. The lowest BCUT2D eigenvalue weighted by atomic mass is 10.2. The van der Waals surface area contributed by atoms with E-state index >= 15 is 0 Å². The number of furan rings is 1. The van der Waals surface area contributed by atoms with E-state index < -0.39 is 0 Å². The second-order valence-electron chi connectivity index (χ2n) is 4.13. The van der Waals surface area contributed by atoms with Gasteiger partial charge in [-0.2, -0.15) is 4.98 Å². The highest BCUT2D eigenvalue weighted by atomic mass is 16.5. The fraction of sp³-hybridized carbons (Fsp3) is 0.231. The van der Waals surface area contributed by atoms with Crippen LogP contribution in [0.15, 0.2) is 51.9 Å². The van der Waals surface area contributed by atoms with Gasteiger partial charge in [-0.1, -0.05) is 5.16 Å². The second kappa shape index (κ2) is 5.11. The zero-order chi connectivity index (χ0) is 13.1. The van der Waals surface area contributed by atoms with Gasteiger partial charge in [0.2, 0.25) is 11.7 Å². The van der Waals surface area contributed by atoms with Crippen molar-refractivity contribution >= 4 is 0 Å². The Bertz CT molecular complexity index is 579. The van der Waals surface area contributed by atoms with Crippen LogP contribution in [0.3, 0.4) is 0 Å². The van der Waals surface area contributed by atoms with Crippen molar-refractivity contribution in [1.29, 1.82) is 0 Å². The van der Waals surface area contributed by atoms with Crippen molar-refractivity contribution in [3.8, 4) is 0 Å². The molecule has 3 rings (SSSR count). The molecule has 0 radical (unpaired) electrons. The van der Waals surface area contributed by atoms with E-state index in [1.165, 1.54) is 0 Å². The van der Waals surface area contributed by atoms with Crippen LogP contribution >= 0.6 is 0 Å². The van der Waals surface area contributed by atoms with Crippen molar-refractivity contribution in [2.45, 2.75) is 12.5 Å². The van der Waals surface area contributed by atoms with E-state index in [2.05, 4.69) is 10.1 Å². The van der Waals surface area contributed by atoms with Gasteiger partial charge in [0.05, 0.1) is 6.26 Å². The Hall–Kier alpha value is -2.34. The van der Waals surface area contributed by atoms with Crippen LogP contribution < -0.4 is 5.73 Å². The van der Waals surface area contributed by atoms with Gasteiger partial charge >= 0.3 is 0 Å². The van der Waals surface area contributed by atoms with E-state index in [0.717, 1.165) is 5.76 Å². The first-order valence-electron chi connectivity index (χ1n) is 6.07. The van der Waals surface area contributed by atoms with E-state index in [-0.39, 0.29) is 6.04 Å². The van der Waals surface area contributed by atoms with Gasteiger partial charge in [0.1, 0.15) is 5.76 Å². The normalized spacial score (nSPS) is 12.7. The molecular weight excluding hydrogens is 244 g/mol. The Morgan fingerprint density at radius 1 is 1.26 bits per heavy atom. The van der Waals surface area contributed by atoms with Gasteiger partial charge in [0.25, 0.3) is 0 Å². The monoisotopic (exact) mass is 258 g/mol. The lowest BCUT2D eigenvalue weighted by Gasteiger charge is -2.12. The molecule has 0 spiro atoms. The quantitative estimate of drug-likeness (QED) is 0.751. The number of nitrogens with zero attached hydrogens (tertiary/aromatic N) is 3. The summed E-state index contributed by atoms with van der Waals surface area (Å²) < 4.78 is 12.6. The second-order valence-corrected chi connectivity index (χ2v) is 4.13. The molecule has 0 bridgehead atoms. The molecule has 0 saturated carbocycles. The minimum atomic E-state index is -0.222. The average Bonchev–Trinajstić information content (AvgIpc) is 3.13. The molecule has 2 N–H and O–H groups in total. The summed E-state index contributed by atoms with van der Waals surface area (Å²) in [5.41, 5.74) is 5.48. The molecule has 3 aromatic heterocycles. The Morgan fingerprint density at radius 3 is 2.79 bits per heavy atom. The third-order valence-corrected chi connectivity index (χ3v) is 2.82. The zero-order valence-electron chi connectivity index (χ0n) is 10.3. The molecule has 6 nitrogen and oxygen atoms in total. The SMILES string of the molecule is NCCc1nc(C(c2ccco2)n2cccc2)no1. The number of hydrogen-bond acceptors (Lipinski definition) is 5. The van der Waals surface area contributed by atoms with Crippen LogP contribution in [0.5, 0.6) is 0 Å². The molecule has 1 atom stereocenters. The van der Waals surface area contributed by atoms with Gasteiger partial charge in [0, 0.05) is 25.4 Å². The van der Waals surface area contributed by atoms with Crippen molar-refractivity contribution in [2.75, 3.05) is 6.54 Å². The minimum absolute atomic E-state index is 0.222. The number of nitrogens with two attached hydrogens (primary N) is 1. The zero-order valence-corrected chi connectivity index (χ0v) is 10.3. The summed E-state index contributed by atoms with van der Waals surface area (Å²) in [6.45, 7) is 0.483. The van der Waals surface area contributed by atoms with Crippen LogP contribution in [0, 0.1) is 0 Å². The van der Waals surface area contributed by atoms with Crippen LogP contribution in [-0.4, -0.2) is 21.3 Å². The van der Waals surface area contributed by atoms with E-state index in [0.29, 0.717) is 24.7 Å². The molecule has 0 amide bonds. The first-order valence-corrected chi connectivity index (χ1v) is 6.07. The number of rotatable bonds is 5. The van der Waals surface area contributed by atoms with E-state index in [9.17, 15) is 0 Å². The average molecular weight is 258 g/mol. The third kappa shape index (κ3) is 2.30. The summed E-state index contributed by atoms with van der Waals surface area (Å²) in [4.78, 5) is 4.37. The summed E-state index contributed by atoms with van der Waals surface area (Å²) in [5.74, 6) is 1.87. The first kappa shape index (κ1) is 11.7. The highest BCUT2D eigenvalue weighted by molar-refractivity contribution is 5.17. The largest absolute Gasteiger partial charge is 0.467 e. The van der Waals surface area contributed by atoms with Crippen LogP contribution in [0.25, 0.3) is 0 Å². The first-order chi connectivity index (χ1) is 9.38. The van der Waals surface area contributed by atoms with Gasteiger partial charge in [-0.25, -0.2) is 0 Å². The molecule has 0 fully saturated rings. The minimum Gasteiger partial charge on any atom is -0.467 e. The molecule has 0 aliphatic heterocycles. The van der Waals surface area contributed by atoms with Crippen LogP contribution in [0.4, 0.5) is 0 Å². The lowest BCUT2D eigenvalue weighted by Crippen LogP contribution is -2.11. The smallest absolute Gasteiger partial charge is 0.228 e. The Kier molecular flexibility index (Phi) is 3.16. The predicted octanol–water partition coefficient (Wildman–Crippen LogP) is 1.60. The molecule has 0 aliphatic carbocycles. The number of aromatic nitrogens is 3. The molecular formula is C13H14N4O2. The van der Waals surface area contributed by atoms with E-state index in [1.54, 1.807) is 6.26 Å². The summed E-state index contributed by atoms with van der Waals surface area (Å²) in [6, 6.07) is 7.39. The van der Waals surface area contributed by atoms with Crippen molar-refractivity contribution < 1.29 is 8.94 Å². The van der Waals surface area contributed by atoms with Crippen LogP contribution in [0.2, 0.25) is 0 Å². The van der Waals surface area contributed by atoms with Gasteiger partial charge < -0.3 is 19.2 Å².